The molecule has 0 aliphatic heterocycles. The number of halogens is 3. The van der Waals surface area contributed by atoms with E-state index in [0.29, 0.717) is 12.1 Å². The van der Waals surface area contributed by atoms with E-state index in [-0.39, 0.29) is 5.71 Å². The van der Waals surface area contributed by atoms with Crippen molar-refractivity contribution in [2.45, 2.75) is 44.9 Å². The Balaban J connectivity index is 3.04. The number of ether oxygens (including phenoxy) is 1. The molecule has 0 fully saturated rings. The van der Waals surface area contributed by atoms with Crippen molar-refractivity contribution in [2.24, 2.45) is 11.1 Å². The Kier molecular flexibility index (Phi) is 6.58. The molecule has 0 bridgehead atoms. The van der Waals surface area contributed by atoms with E-state index in [2.05, 4.69) is 9.44 Å². The minimum absolute atomic E-state index is 0.260. The molecular formula is C15H18F3NO5S. The minimum atomic E-state index is -4.59. The SMILES string of the molecule is CC(C)OC(=O)/C(=N\OS(=O)(=O)c1ccc(C(F)(F)F)cc1)C(C)C. The van der Waals surface area contributed by atoms with Crippen molar-refractivity contribution in [1.29, 1.82) is 0 Å². The maximum absolute atomic E-state index is 12.5. The number of benzene rings is 1. The van der Waals surface area contributed by atoms with Crippen LogP contribution in [-0.4, -0.2) is 26.2 Å². The maximum Gasteiger partial charge on any atom is 0.416 e. The van der Waals surface area contributed by atoms with Gasteiger partial charge in [-0.1, -0.05) is 19.0 Å². The molecule has 0 aliphatic carbocycles. The third kappa shape index (κ3) is 6.04. The summed E-state index contributed by atoms with van der Waals surface area (Å²) in [5, 5.41) is 3.33. The monoisotopic (exact) mass is 381 g/mol. The summed E-state index contributed by atoms with van der Waals surface area (Å²) in [4.78, 5) is 11.3. The third-order valence-corrected chi connectivity index (χ3v) is 3.92. The van der Waals surface area contributed by atoms with Gasteiger partial charge in [-0.15, -0.1) is 0 Å². The van der Waals surface area contributed by atoms with E-state index in [4.69, 9.17) is 4.74 Å². The smallest absolute Gasteiger partial charge is 0.416 e. The summed E-state index contributed by atoms with van der Waals surface area (Å²) >= 11 is 0. The van der Waals surface area contributed by atoms with Gasteiger partial charge < -0.3 is 4.74 Å². The Bertz CT molecular complexity index is 737. The molecule has 0 aromatic heterocycles. The van der Waals surface area contributed by atoms with Crippen molar-refractivity contribution in [2.75, 3.05) is 0 Å². The zero-order chi connectivity index (χ0) is 19.4. The van der Waals surface area contributed by atoms with Crippen molar-refractivity contribution < 1.29 is 35.4 Å². The van der Waals surface area contributed by atoms with Crippen LogP contribution < -0.4 is 0 Å². The second-order valence-corrected chi connectivity index (χ2v) is 7.16. The topological polar surface area (TPSA) is 82.0 Å². The van der Waals surface area contributed by atoms with Gasteiger partial charge in [0, 0.05) is 5.92 Å². The van der Waals surface area contributed by atoms with Crippen molar-refractivity contribution in [3.63, 3.8) is 0 Å². The van der Waals surface area contributed by atoms with Crippen LogP contribution in [0.4, 0.5) is 13.2 Å². The average molecular weight is 381 g/mol. The molecule has 140 valence electrons. The first-order chi connectivity index (χ1) is 11.3. The van der Waals surface area contributed by atoms with Crippen molar-refractivity contribution in [1.82, 2.24) is 0 Å². The van der Waals surface area contributed by atoms with Crippen molar-refractivity contribution in [3.8, 4) is 0 Å². The summed E-state index contributed by atoms with van der Waals surface area (Å²) in [6.07, 6.45) is -5.03. The highest BCUT2D eigenvalue weighted by atomic mass is 32.2. The van der Waals surface area contributed by atoms with E-state index in [9.17, 15) is 26.4 Å². The highest BCUT2D eigenvalue weighted by Crippen LogP contribution is 2.30. The molecule has 0 saturated heterocycles. The van der Waals surface area contributed by atoms with Gasteiger partial charge in [-0.3, -0.25) is 4.28 Å². The number of esters is 1. The minimum Gasteiger partial charge on any atom is -0.458 e. The highest BCUT2D eigenvalue weighted by Gasteiger charge is 2.31. The molecule has 25 heavy (non-hydrogen) atoms. The largest absolute Gasteiger partial charge is 0.458 e. The van der Waals surface area contributed by atoms with Gasteiger partial charge in [-0.25, -0.2) is 4.79 Å². The molecule has 1 rings (SSSR count). The number of rotatable bonds is 6. The lowest BCUT2D eigenvalue weighted by molar-refractivity contribution is -0.139. The first-order valence-corrected chi connectivity index (χ1v) is 8.65. The van der Waals surface area contributed by atoms with E-state index >= 15 is 0 Å². The van der Waals surface area contributed by atoms with Crippen LogP contribution in [0.15, 0.2) is 34.3 Å². The number of oxime groups is 1. The van der Waals surface area contributed by atoms with E-state index in [1.165, 1.54) is 0 Å². The quantitative estimate of drug-likeness (QED) is 0.429. The average Bonchev–Trinajstić information content (AvgIpc) is 2.45. The Hall–Kier alpha value is -2.10. The molecular weight excluding hydrogens is 363 g/mol. The number of carbonyl (C=O) groups is 1. The molecule has 0 saturated carbocycles. The van der Waals surface area contributed by atoms with Gasteiger partial charge in [0.1, 0.15) is 4.90 Å². The number of hydrogen-bond donors (Lipinski definition) is 0. The second kappa shape index (κ2) is 7.85. The molecule has 0 N–H and O–H groups in total. The second-order valence-electron chi connectivity index (χ2n) is 5.64. The lowest BCUT2D eigenvalue weighted by Crippen LogP contribution is -2.26. The zero-order valence-electron chi connectivity index (χ0n) is 14.0. The Morgan fingerprint density at radius 1 is 1.08 bits per heavy atom. The standard InChI is InChI=1S/C15H18F3NO5S/c1-9(2)13(14(20)23-10(3)4)19-24-25(21,22)12-7-5-11(6-8-12)15(16,17)18/h5-10H,1-4H3/b19-13-. The number of carbonyl (C=O) groups excluding carboxylic acids is 1. The van der Waals surface area contributed by atoms with Crippen molar-refractivity contribution >= 4 is 21.8 Å². The number of nitrogens with zero attached hydrogens (tertiary/aromatic N) is 1. The summed E-state index contributed by atoms with van der Waals surface area (Å²) < 4.78 is 70.9. The number of hydrogen-bond acceptors (Lipinski definition) is 6. The third-order valence-electron chi connectivity index (χ3n) is 2.80. The summed E-state index contributed by atoms with van der Waals surface area (Å²) in [5.74, 6) is -1.33. The molecule has 1 aromatic rings. The lowest BCUT2D eigenvalue weighted by Gasteiger charge is -2.12. The van der Waals surface area contributed by atoms with Crippen molar-refractivity contribution in [3.05, 3.63) is 29.8 Å². The predicted molar refractivity (Wildman–Crippen MR) is 83.2 cm³/mol. The fraction of sp³-hybridized carbons (Fsp3) is 0.467. The first kappa shape index (κ1) is 20.9. The molecule has 1 aromatic carbocycles. The van der Waals surface area contributed by atoms with Crippen LogP contribution in [0.5, 0.6) is 0 Å². The fourth-order valence-corrected chi connectivity index (χ4v) is 2.33. The molecule has 6 nitrogen and oxygen atoms in total. The lowest BCUT2D eigenvalue weighted by atomic mass is 10.1. The van der Waals surface area contributed by atoms with Crippen LogP contribution in [0.1, 0.15) is 33.3 Å². The molecule has 0 spiro atoms. The summed E-state index contributed by atoms with van der Waals surface area (Å²) in [5.41, 5.74) is -1.26. The van der Waals surface area contributed by atoms with Gasteiger partial charge in [0.05, 0.1) is 11.7 Å². The van der Waals surface area contributed by atoms with Gasteiger partial charge in [-0.2, -0.15) is 21.6 Å². The van der Waals surface area contributed by atoms with Gasteiger partial charge in [0.2, 0.25) is 0 Å². The molecule has 0 amide bonds. The molecule has 0 radical (unpaired) electrons. The predicted octanol–water partition coefficient (Wildman–Crippen LogP) is 3.37. The van der Waals surface area contributed by atoms with Gasteiger partial charge in [0.15, 0.2) is 5.71 Å². The van der Waals surface area contributed by atoms with E-state index in [0.717, 1.165) is 12.1 Å². The summed E-state index contributed by atoms with van der Waals surface area (Å²) in [7, 11) is -4.48. The highest BCUT2D eigenvalue weighted by molar-refractivity contribution is 7.86. The molecule has 0 unspecified atom stereocenters. The van der Waals surface area contributed by atoms with Gasteiger partial charge >= 0.3 is 22.3 Å². The molecule has 0 aliphatic rings. The Morgan fingerprint density at radius 3 is 2.00 bits per heavy atom. The van der Waals surface area contributed by atoms with Gasteiger partial charge in [-0.05, 0) is 38.1 Å². The fourth-order valence-electron chi connectivity index (χ4n) is 1.60. The summed E-state index contributed by atoms with van der Waals surface area (Å²) in [6, 6.07) is 2.71. The normalized spacial score (nSPS) is 13.2. The Labute approximate surface area is 143 Å². The van der Waals surface area contributed by atoms with Crippen LogP contribution in [-0.2, 0) is 30.1 Å². The molecule has 0 heterocycles. The summed E-state index contributed by atoms with van der Waals surface area (Å²) in [6.45, 7) is 6.37. The van der Waals surface area contributed by atoms with Gasteiger partial charge in [0.25, 0.3) is 0 Å². The van der Waals surface area contributed by atoms with E-state index in [1.807, 2.05) is 0 Å². The molecule has 0 atom stereocenters. The maximum atomic E-state index is 12.5. The van der Waals surface area contributed by atoms with Crippen LogP contribution >= 0.6 is 0 Å². The van der Waals surface area contributed by atoms with E-state index in [1.54, 1.807) is 27.7 Å². The van der Waals surface area contributed by atoms with Crippen LogP contribution in [0.3, 0.4) is 0 Å². The van der Waals surface area contributed by atoms with Crippen LogP contribution in [0.2, 0.25) is 0 Å². The van der Waals surface area contributed by atoms with Crippen LogP contribution in [0.25, 0.3) is 0 Å². The van der Waals surface area contributed by atoms with E-state index < -0.39 is 44.7 Å². The zero-order valence-corrected chi connectivity index (χ0v) is 14.8. The van der Waals surface area contributed by atoms with Crippen LogP contribution in [0, 0.1) is 5.92 Å². The molecule has 10 heteroatoms. The Morgan fingerprint density at radius 2 is 1.60 bits per heavy atom. The first-order valence-electron chi connectivity index (χ1n) is 7.24. The number of alkyl halides is 3.